The fourth-order valence-electron chi connectivity index (χ4n) is 15.2. The number of amides is 3. The molecule has 10 aromatic rings. The van der Waals surface area contributed by atoms with E-state index < -0.39 is 0 Å². The topological polar surface area (TPSA) is 144 Å². The van der Waals surface area contributed by atoms with E-state index in [0.29, 0.717) is 53.1 Å². The monoisotopic (exact) mass is 1530 g/mol. The van der Waals surface area contributed by atoms with Crippen molar-refractivity contribution in [3.05, 3.63) is 279 Å². The molecule has 3 N–H and O–H groups in total. The molecule has 13 nitrogen and oxygen atoms in total. The van der Waals surface area contributed by atoms with E-state index in [1.807, 2.05) is 202 Å². The van der Waals surface area contributed by atoms with Crippen LogP contribution >= 0.6 is 69.6 Å². The molecule has 4 heterocycles. The number of nitrogens with one attached hydrogen (secondary N) is 3. The Labute approximate surface area is 652 Å². The molecule has 1 aliphatic heterocycles. The lowest BCUT2D eigenvalue weighted by atomic mass is 9.84. The molecule has 15 rings (SSSR count). The fraction of sp³-hybridized carbons (Fsp3) is 0.310. The van der Waals surface area contributed by atoms with Crippen molar-refractivity contribution in [3.63, 3.8) is 0 Å². The van der Waals surface area contributed by atoms with E-state index >= 15 is 0 Å². The summed E-state index contributed by atoms with van der Waals surface area (Å²) in [6.45, 7) is 5.88. The second kappa shape index (κ2) is 35.9. The smallest absolute Gasteiger partial charge is 0.286 e. The van der Waals surface area contributed by atoms with Crippen LogP contribution in [0.3, 0.4) is 0 Å². The van der Waals surface area contributed by atoms with Crippen molar-refractivity contribution in [1.82, 2.24) is 50.4 Å². The first kappa shape index (κ1) is 75.7. The SMILES string of the molecule is C[C@H](NC(=O)c1nn(-c2ccccc2Cl)c2c1CCCC/C2=C\c1ccc(Cl)cc1)C1CCCCC1.C[C@H](NC(=O)c1nn(-c2ccccc2Cl)c2c1CCCC/C2=C\c1ccc(Cl)cc1)c1ccccc1.O=C(NN1CCCCC1)c1nn(-c2ccccc2Cl)c2c1CCCC/C2=C\c1ccc(Cl)cc1. The summed E-state index contributed by atoms with van der Waals surface area (Å²) < 4.78 is 5.62. The number of carbonyl (C=O) groups is 3. The van der Waals surface area contributed by atoms with Crippen LogP contribution in [0.5, 0.6) is 0 Å². The first-order chi connectivity index (χ1) is 51.6. The Kier molecular flexibility index (Phi) is 25.7. The third-order valence-electron chi connectivity index (χ3n) is 20.7. The highest BCUT2D eigenvalue weighted by atomic mass is 35.5. The number of piperidine rings is 1. The molecular formula is C87H88Cl6N10O3. The molecule has 106 heavy (non-hydrogen) atoms. The van der Waals surface area contributed by atoms with Gasteiger partial charge in [-0.1, -0.05) is 198 Å². The lowest BCUT2D eigenvalue weighted by Crippen LogP contribution is -2.45. The number of benzene rings is 7. The molecule has 7 aromatic carbocycles. The number of hydrazine groups is 1. The van der Waals surface area contributed by atoms with Crippen molar-refractivity contribution < 1.29 is 14.4 Å². The number of halogens is 6. The van der Waals surface area contributed by atoms with Crippen molar-refractivity contribution in [2.45, 2.75) is 154 Å². The summed E-state index contributed by atoms with van der Waals surface area (Å²) >= 11 is 38.2. The van der Waals surface area contributed by atoms with Crippen LogP contribution in [0.25, 0.3) is 52.0 Å². The maximum absolute atomic E-state index is 13.7. The van der Waals surface area contributed by atoms with E-state index in [2.05, 4.69) is 41.2 Å². The van der Waals surface area contributed by atoms with Crippen molar-refractivity contribution >= 4 is 122 Å². The number of fused-ring (bicyclic) bond motifs is 3. The first-order valence-electron chi connectivity index (χ1n) is 37.3. The van der Waals surface area contributed by atoms with Crippen molar-refractivity contribution in [2.24, 2.45) is 5.92 Å². The van der Waals surface area contributed by atoms with Crippen LogP contribution in [0.2, 0.25) is 30.1 Å². The molecule has 5 aliphatic rings. The summed E-state index contributed by atoms with van der Waals surface area (Å²) in [5.74, 6) is 0.132. The van der Waals surface area contributed by atoms with E-state index in [4.69, 9.17) is 84.9 Å². The standard InChI is InChI=1S/C30H33Cl2N3O.C30H27Cl2N3O.C27H28Cl2N4O/c2*1-20(22-9-3-2-4-10-22)33-30(36)28-25-12-6-5-11-23(19-21-15-17-24(31)18-16-21)29(25)35(34-28)27-14-8-7-13-26(27)32;28-21-14-12-19(13-15-21)18-20-8-2-3-9-22-25(27(34)31-32-16-6-1-7-17-32)30-33(26(20)22)24-11-5-4-10-23(24)29/h7-8,13-20,22H,2-6,9-12H2,1H3,(H,33,36);2-4,7-10,13-20H,5-6,11-12H2,1H3,(H,33,36);4-5,10-15,18H,1-3,6-9,16-17H2,(H,31,34)/b2*23-19+;20-18+/t2*20-;/m00./s1. The molecule has 19 heteroatoms. The molecule has 4 aliphatic carbocycles. The van der Waals surface area contributed by atoms with Crippen LogP contribution in [0.15, 0.2) is 176 Å². The fourth-order valence-corrected chi connectivity index (χ4v) is 16.2. The Hall–Kier alpha value is -8.50. The molecule has 546 valence electrons. The largest absolute Gasteiger partial charge is 0.348 e. The highest BCUT2D eigenvalue weighted by Gasteiger charge is 2.34. The third-order valence-corrected chi connectivity index (χ3v) is 22.4. The molecule has 0 radical (unpaired) electrons. The van der Waals surface area contributed by atoms with E-state index in [1.165, 1.54) is 38.5 Å². The lowest BCUT2D eigenvalue weighted by Gasteiger charge is -2.28. The third kappa shape index (κ3) is 18.4. The quantitative estimate of drug-likeness (QED) is 0.0920. The van der Waals surface area contributed by atoms with Crippen LogP contribution in [0.1, 0.15) is 217 Å². The van der Waals surface area contributed by atoms with E-state index in [9.17, 15) is 14.4 Å². The Morgan fingerprint density at radius 1 is 0.387 bits per heavy atom. The van der Waals surface area contributed by atoms with Crippen LogP contribution in [-0.2, 0) is 19.3 Å². The minimum Gasteiger partial charge on any atom is -0.348 e. The predicted octanol–water partition coefficient (Wildman–Crippen LogP) is 22.7. The molecule has 0 bridgehead atoms. The average molecular weight is 1530 g/mol. The van der Waals surface area contributed by atoms with Gasteiger partial charge in [0.25, 0.3) is 17.7 Å². The number of nitrogens with zero attached hydrogens (tertiary/aromatic N) is 7. The molecule has 3 aromatic heterocycles. The molecule has 2 fully saturated rings. The number of carbonyl (C=O) groups excluding carboxylic acids is 3. The van der Waals surface area contributed by atoms with Crippen LogP contribution < -0.4 is 16.1 Å². The van der Waals surface area contributed by atoms with Gasteiger partial charge >= 0.3 is 0 Å². The van der Waals surface area contributed by atoms with Gasteiger partial charge in [-0.3, -0.25) is 19.8 Å². The maximum Gasteiger partial charge on any atom is 0.286 e. The molecular weight excluding hydrogens is 1450 g/mol. The number of hydrogen-bond acceptors (Lipinski definition) is 7. The van der Waals surface area contributed by atoms with Gasteiger partial charge in [0.1, 0.15) is 0 Å². The van der Waals surface area contributed by atoms with Gasteiger partial charge < -0.3 is 10.6 Å². The van der Waals surface area contributed by atoms with Crippen LogP contribution in [0.4, 0.5) is 0 Å². The number of allylic oxidation sites excluding steroid dienone is 3. The van der Waals surface area contributed by atoms with E-state index in [-0.39, 0.29) is 29.8 Å². The van der Waals surface area contributed by atoms with Gasteiger partial charge in [-0.05, 0) is 252 Å². The Bertz CT molecular complexity index is 4830. The summed E-state index contributed by atoms with van der Waals surface area (Å²) in [7, 11) is 0. The summed E-state index contributed by atoms with van der Waals surface area (Å²) in [6.07, 6.45) is 27.3. The van der Waals surface area contributed by atoms with Gasteiger partial charge in [0.2, 0.25) is 0 Å². The predicted molar refractivity (Wildman–Crippen MR) is 435 cm³/mol. The van der Waals surface area contributed by atoms with Gasteiger partial charge in [-0.15, -0.1) is 0 Å². The lowest BCUT2D eigenvalue weighted by molar-refractivity contribution is 0.0742. The second-order valence-electron chi connectivity index (χ2n) is 28.2. The van der Waals surface area contributed by atoms with Gasteiger partial charge in [0, 0.05) is 50.9 Å². The highest BCUT2D eigenvalue weighted by Crippen LogP contribution is 2.41. The molecule has 0 spiro atoms. The van der Waals surface area contributed by atoms with Crippen LogP contribution in [0, 0.1) is 5.92 Å². The Balaban J connectivity index is 0.000000141. The number of rotatable bonds is 14. The maximum atomic E-state index is 13.7. The van der Waals surface area contributed by atoms with E-state index in [1.54, 1.807) is 0 Å². The second-order valence-corrected chi connectivity index (χ2v) is 30.7. The summed E-state index contributed by atoms with van der Waals surface area (Å²) in [4.78, 5) is 40.7. The zero-order chi connectivity index (χ0) is 73.6. The summed E-state index contributed by atoms with van der Waals surface area (Å²) in [5.41, 5.74) is 20.5. The Morgan fingerprint density at radius 3 is 1.11 bits per heavy atom. The summed E-state index contributed by atoms with van der Waals surface area (Å²) in [5, 5.41) is 27.1. The molecule has 1 saturated carbocycles. The zero-order valence-corrected chi connectivity index (χ0v) is 64.4. The number of hydrogen-bond donors (Lipinski definition) is 3. The van der Waals surface area contributed by atoms with Crippen molar-refractivity contribution in [2.75, 3.05) is 13.1 Å². The number of para-hydroxylation sites is 3. The first-order valence-corrected chi connectivity index (χ1v) is 39.6. The van der Waals surface area contributed by atoms with Gasteiger partial charge in [-0.25, -0.2) is 19.1 Å². The molecule has 2 atom stereocenters. The molecule has 0 unspecified atom stereocenters. The molecule has 1 saturated heterocycles. The summed E-state index contributed by atoms with van der Waals surface area (Å²) in [6, 6.07) is 56.4. The van der Waals surface area contributed by atoms with E-state index in [0.717, 1.165) is 193 Å². The van der Waals surface area contributed by atoms with Gasteiger partial charge in [-0.2, -0.15) is 15.3 Å². The Morgan fingerprint density at radius 2 is 0.726 bits per heavy atom. The van der Waals surface area contributed by atoms with Crippen LogP contribution in [-0.4, -0.2) is 71.2 Å². The van der Waals surface area contributed by atoms with Gasteiger partial charge in [0.05, 0.1) is 55.3 Å². The normalized spacial score (nSPS) is 17.2. The highest BCUT2D eigenvalue weighted by molar-refractivity contribution is 6.33. The zero-order valence-electron chi connectivity index (χ0n) is 59.9. The van der Waals surface area contributed by atoms with Gasteiger partial charge in [0.15, 0.2) is 17.1 Å². The molecule has 3 amide bonds. The minimum absolute atomic E-state index is 0.0807. The minimum atomic E-state index is -0.179. The van der Waals surface area contributed by atoms with Crippen molar-refractivity contribution in [3.8, 4) is 17.1 Å². The average Bonchev–Trinajstić information content (AvgIpc) is 1.62. The van der Waals surface area contributed by atoms with Crippen molar-refractivity contribution in [1.29, 1.82) is 0 Å². The number of aromatic nitrogens is 6.